The summed E-state index contributed by atoms with van der Waals surface area (Å²) >= 11 is 0. The van der Waals surface area contributed by atoms with Crippen molar-refractivity contribution < 1.29 is 14.6 Å². The van der Waals surface area contributed by atoms with Gasteiger partial charge in [-0.2, -0.15) is 5.26 Å². The second-order valence-corrected chi connectivity index (χ2v) is 9.78. The van der Waals surface area contributed by atoms with Gasteiger partial charge in [0.1, 0.15) is 5.60 Å². The van der Waals surface area contributed by atoms with Gasteiger partial charge >= 0.3 is 0 Å². The summed E-state index contributed by atoms with van der Waals surface area (Å²) in [5, 5.41) is 20.7. The molecule has 0 bridgehead atoms. The van der Waals surface area contributed by atoms with E-state index in [4.69, 9.17) is 4.74 Å². The highest BCUT2D eigenvalue weighted by Gasteiger charge is 2.81. The first kappa shape index (κ1) is 16.0. The van der Waals surface area contributed by atoms with Crippen LogP contribution in [0.1, 0.15) is 59.3 Å². The fraction of sp³-hybridized carbons (Fsp3) is 0.810. The van der Waals surface area contributed by atoms with Crippen molar-refractivity contribution in [2.24, 2.45) is 28.6 Å². The number of nitriles is 1. The molecule has 0 aromatic rings. The minimum Gasteiger partial charge on any atom is -0.375 e. The van der Waals surface area contributed by atoms with Gasteiger partial charge in [0, 0.05) is 17.3 Å². The summed E-state index contributed by atoms with van der Waals surface area (Å²) in [5.41, 5.74) is -0.545. The third-order valence-electron chi connectivity index (χ3n) is 9.00. The SMILES string of the molecule is CC1C[C@H]2[C@@H]3CCC(O)(C#N)[C@@]3(C)CC3O[C@@]32[C@@]2(C)CCC(=O)C=C12. The van der Waals surface area contributed by atoms with Gasteiger partial charge in [-0.05, 0) is 55.9 Å². The first-order valence-corrected chi connectivity index (χ1v) is 9.78. The third kappa shape index (κ3) is 1.55. The minimum atomic E-state index is -1.22. The zero-order valence-electron chi connectivity index (χ0n) is 15.3. The number of hydrogen-bond donors (Lipinski definition) is 1. The Kier molecular flexibility index (Phi) is 2.81. The van der Waals surface area contributed by atoms with E-state index >= 15 is 0 Å². The molecule has 1 N–H and O–H groups in total. The van der Waals surface area contributed by atoms with Gasteiger partial charge in [-0.25, -0.2) is 0 Å². The fourth-order valence-electron chi connectivity index (χ4n) is 7.60. The molecule has 0 radical (unpaired) electrons. The molecule has 5 rings (SSSR count). The van der Waals surface area contributed by atoms with Crippen molar-refractivity contribution in [3.63, 3.8) is 0 Å². The van der Waals surface area contributed by atoms with E-state index < -0.39 is 5.60 Å². The number of carbonyl (C=O) groups excluding carboxylic acids is 1. The summed E-state index contributed by atoms with van der Waals surface area (Å²) in [6.45, 7) is 6.66. The first-order chi connectivity index (χ1) is 11.7. The number of ketones is 1. The molecule has 1 saturated heterocycles. The predicted octanol–water partition coefficient (Wildman–Crippen LogP) is 3.15. The molecule has 134 valence electrons. The molecule has 25 heavy (non-hydrogen) atoms. The number of carbonyl (C=O) groups is 1. The maximum Gasteiger partial charge on any atom is 0.156 e. The standard InChI is InChI=1S/C21H27NO3/c1-12-8-16-14-5-7-20(24,11-22)19(14,3)10-17-21(16,25-17)18(2)6-4-13(23)9-15(12)18/h9,12,14,16-17,24H,4-8,10H2,1-3H3/t12?,14-,16-,17?,18-,19-,20?,21+/m0/s1. The molecule has 4 nitrogen and oxygen atoms in total. The van der Waals surface area contributed by atoms with E-state index in [2.05, 4.69) is 26.8 Å². The van der Waals surface area contributed by atoms with Crippen LogP contribution in [0.3, 0.4) is 0 Å². The highest BCUT2D eigenvalue weighted by Crippen LogP contribution is 2.76. The van der Waals surface area contributed by atoms with Crippen LogP contribution in [-0.4, -0.2) is 28.2 Å². The number of hydrogen-bond acceptors (Lipinski definition) is 4. The highest BCUT2D eigenvalue weighted by atomic mass is 16.6. The van der Waals surface area contributed by atoms with Crippen LogP contribution in [-0.2, 0) is 9.53 Å². The van der Waals surface area contributed by atoms with E-state index in [0.29, 0.717) is 30.6 Å². The largest absolute Gasteiger partial charge is 0.375 e. The molecule has 3 saturated carbocycles. The van der Waals surface area contributed by atoms with Gasteiger partial charge < -0.3 is 9.84 Å². The number of ether oxygens (including phenoxy) is 1. The van der Waals surface area contributed by atoms with Gasteiger partial charge in [0.2, 0.25) is 0 Å². The lowest BCUT2D eigenvalue weighted by Gasteiger charge is -2.57. The molecule has 0 aromatic carbocycles. The van der Waals surface area contributed by atoms with E-state index in [1.807, 2.05) is 6.08 Å². The zero-order valence-corrected chi connectivity index (χ0v) is 15.3. The van der Waals surface area contributed by atoms with Crippen molar-refractivity contribution in [1.82, 2.24) is 0 Å². The number of nitrogens with zero attached hydrogens (tertiary/aromatic N) is 1. The van der Waals surface area contributed by atoms with Gasteiger partial charge in [0.25, 0.3) is 0 Å². The molecule has 0 amide bonds. The third-order valence-corrected chi connectivity index (χ3v) is 9.00. The Morgan fingerprint density at radius 3 is 2.80 bits per heavy atom. The van der Waals surface area contributed by atoms with Gasteiger partial charge in [0.05, 0.1) is 12.2 Å². The number of fused-ring (bicyclic) bond motifs is 3. The molecule has 5 aliphatic rings. The van der Waals surface area contributed by atoms with Crippen LogP contribution < -0.4 is 0 Å². The average molecular weight is 341 g/mol. The van der Waals surface area contributed by atoms with Crippen LogP contribution in [0.5, 0.6) is 0 Å². The number of aliphatic hydroxyl groups is 1. The normalized spacial score (nSPS) is 59.0. The summed E-state index contributed by atoms with van der Waals surface area (Å²) in [4.78, 5) is 12.1. The lowest BCUT2D eigenvalue weighted by Crippen LogP contribution is -2.61. The van der Waals surface area contributed by atoms with Crippen molar-refractivity contribution in [2.45, 2.75) is 76.6 Å². The fourth-order valence-corrected chi connectivity index (χ4v) is 7.60. The Balaban J connectivity index is 1.63. The predicted molar refractivity (Wildman–Crippen MR) is 91.3 cm³/mol. The van der Waals surface area contributed by atoms with E-state index in [1.54, 1.807) is 0 Å². The Morgan fingerprint density at radius 2 is 2.08 bits per heavy atom. The van der Waals surface area contributed by atoms with Crippen LogP contribution in [0, 0.1) is 39.9 Å². The molecule has 4 fully saturated rings. The van der Waals surface area contributed by atoms with Gasteiger partial charge in [-0.15, -0.1) is 0 Å². The lowest BCUT2D eigenvalue weighted by atomic mass is 9.44. The van der Waals surface area contributed by atoms with Crippen LogP contribution in [0.2, 0.25) is 0 Å². The van der Waals surface area contributed by atoms with E-state index in [-0.39, 0.29) is 28.3 Å². The topological polar surface area (TPSA) is 73.6 Å². The Labute approximate surface area is 149 Å². The van der Waals surface area contributed by atoms with Crippen molar-refractivity contribution in [3.05, 3.63) is 11.6 Å². The lowest BCUT2D eigenvalue weighted by molar-refractivity contribution is -0.118. The minimum absolute atomic E-state index is 0.0669. The number of epoxide rings is 1. The molecule has 1 spiro atoms. The van der Waals surface area contributed by atoms with Crippen molar-refractivity contribution in [1.29, 1.82) is 5.26 Å². The molecular formula is C21H27NO3. The maximum absolute atomic E-state index is 12.1. The average Bonchev–Trinajstić information content (AvgIpc) is 3.23. The van der Waals surface area contributed by atoms with Crippen molar-refractivity contribution in [2.75, 3.05) is 0 Å². The maximum atomic E-state index is 12.1. The second kappa shape index (κ2) is 4.38. The monoisotopic (exact) mass is 341 g/mol. The van der Waals surface area contributed by atoms with Crippen LogP contribution >= 0.6 is 0 Å². The molecule has 4 heteroatoms. The van der Waals surface area contributed by atoms with Crippen LogP contribution in [0.15, 0.2) is 11.6 Å². The summed E-state index contributed by atoms with van der Waals surface area (Å²) < 4.78 is 6.49. The van der Waals surface area contributed by atoms with Gasteiger partial charge in [0.15, 0.2) is 11.4 Å². The molecular weight excluding hydrogens is 314 g/mol. The molecule has 0 aromatic heterocycles. The van der Waals surface area contributed by atoms with E-state index in [9.17, 15) is 15.2 Å². The highest BCUT2D eigenvalue weighted by molar-refractivity contribution is 5.92. The second-order valence-electron chi connectivity index (χ2n) is 9.78. The Morgan fingerprint density at radius 1 is 1.32 bits per heavy atom. The smallest absolute Gasteiger partial charge is 0.156 e. The first-order valence-electron chi connectivity index (χ1n) is 9.78. The zero-order chi connectivity index (χ0) is 17.8. The summed E-state index contributed by atoms with van der Waals surface area (Å²) in [6, 6.07) is 2.24. The van der Waals surface area contributed by atoms with Crippen molar-refractivity contribution >= 4 is 5.78 Å². The number of rotatable bonds is 0. The molecule has 8 atom stereocenters. The van der Waals surface area contributed by atoms with Crippen molar-refractivity contribution in [3.8, 4) is 6.07 Å². The Bertz CT molecular complexity index is 753. The molecule has 4 aliphatic carbocycles. The van der Waals surface area contributed by atoms with E-state index in [0.717, 1.165) is 25.7 Å². The van der Waals surface area contributed by atoms with Gasteiger partial charge in [-0.3, -0.25) is 4.79 Å². The molecule has 1 aliphatic heterocycles. The molecule has 1 heterocycles. The van der Waals surface area contributed by atoms with Crippen LogP contribution in [0.25, 0.3) is 0 Å². The summed E-state index contributed by atoms with van der Waals surface area (Å²) in [5.74, 6) is 1.33. The van der Waals surface area contributed by atoms with Gasteiger partial charge in [-0.1, -0.05) is 26.3 Å². The van der Waals surface area contributed by atoms with E-state index in [1.165, 1.54) is 5.57 Å². The quantitative estimate of drug-likeness (QED) is 0.542. The van der Waals surface area contributed by atoms with Crippen LogP contribution in [0.4, 0.5) is 0 Å². The summed E-state index contributed by atoms with van der Waals surface area (Å²) in [6.07, 6.45) is 6.77. The Hall–Kier alpha value is -1.18. The summed E-state index contributed by atoms with van der Waals surface area (Å²) in [7, 11) is 0. The molecule has 3 unspecified atom stereocenters.